The highest BCUT2D eigenvalue weighted by molar-refractivity contribution is 7.80. The highest BCUT2D eigenvalue weighted by Gasteiger charge is 2.26. The van der Waals surface area contributed by atoms with Crippen molar-refractivity contribution in [3.63, 3.8) is 0 Å². The second kappa shape index (κ2) is 9.73. The van der Waals surface area contributed by atoms with E-state index in [0.717, 1.165) is 25.1 Å². The SMILES string of the molecule is CN(C)Cc1ccc(C2CCC(N(C)C(=S)Oc3ccc(Cl)cc3)CC2)cc1. The molecule has 5 heteroatoms. The number of thiocarbonyl (C=S) groups is 1. The molecule has 1 saturated carbocycles. The van der Waals surface area contributed by atoms with Gasteiger partial charge in [0.1, 0.15) is 5.75 Å². The van der Waals surface area contributed by atoms with Crippen LogP contribution in [0.4, 0.5) is 0 Å². The molecule has 150 valence electrons. The molecule has 3 rings (SSSR count). The molecule has 0 radical (unpaired) electrons. The van der Waals surface area contributed by atoms with Gasteiger partial charge < -0.3 is 14.5 Å². The van der Waals surface area contributed by atoms with E-state index in [1.54, 1.807) is 0 Å². The summed E-state index contributed by atoms with van der Waals surface area (Å²) in [5.41, 5.74) is 2.83. The Balaban J connectivity index is 1.51. The topological polar surface area (TPSA) is 15.7 Å². The van der Waals surface area contributed by atoms with E-state index < -0.39 is 0 Å². The molecule has 0 aliphatic heterocycles. The van der Waals surface area contributed by atoms with E-state index in [9.17, 15) is 0 Å². The molecule has 28 heavy (non-hydrogen) atoms. The summed E-state index contributed by atoms with van der Waals surface area (Å²) in [4.78, 5) is 4.31. The minimum Gasteiger partial charge on any atom is -0.432 e. The van der Waals surface area contributed by atoms with Crippen LogP contribution in [-0.2, 0) is 6.54 Å². The van der Waals surface area contributed by atoms with Crippen molar-refractivity contribution >= 4 is 29.0 Å². The molecule has 0 unspecified atom stereocenters. The predicted molar refractivity (Wildman–Crippen MR) is 121 cm³/mol. The third kappa shape index (κ3) is 5.69. The minimum absolute atomic E-state index is 0.434. The molecule has 0 spiro atoms. The predicted octanol–water partition coefficient (Wildman–Crippen LogP) is 5.72. The van der Waals surface area contributed by atoms with Crippen molar-refractivity contribution in [3.05, 3.63) is 64.7 Å². The van der Waals surface area contributed by atoms with Gasteiger partial charge in [-0.25, -0.2) is 0 Å². The zero-order valence-corrected chi connectivity index (χ0v) is 18.5. The second-order valence-corrected chi connectivity index (χ2v) is 8.70. The molecule has 1 fully saturated rings. The third-order valence-corrected chi connectivity index (χ3v) is 6.12. The van der Waals surface area contributed by atoms with Gasteiger partial charge in [0, 0.05) is 24.7 Å². The number of rotatable bonds is 5. The molecular formula is C23H29ClN2OS. The van der Waals surface area contributed by atoms with Gasteiger partial charge in [-0.2, -0.15) is 0 Å². The number of benzene rings is 2. The van der Waals surface area contributed by atoms with Crippen LogP contribution >= 0.6 is 23.8 Å². The van der Waals surface area contributed by atoms with Crippen molar-refractivity contribution in [3.8, 4) is 5.75 Å². The Bertz CT molecular complexity index is 768. The van der Waals surface area contributed by atoms with Crippen LogP contribution < -0.4 is 4.74 Å². The molecule has 1 aliphatic rings. The van der Waals surface area contributed by atoms with Crippen LogP contribution in [0.3, 0.4) is 0 Å². The van der Waals surface area contributed by atoms with Gasteiger partial charge in [0.15, 0.2) is 0 Å². The summed E-state index contributed by atoms with van der Waals surface area (Å²) in [5, 5.41) is 1.22. The molecule has 0 atom stereocenters. The molecule has 0 amide bonds. The summed E-state index contributed by atoms with van der Waals surface area (Å²) in [6.07, 6.45) is 4.63. The normalized spacial score (nSPS) is 19.5. The molecule has 0 N–H and O–H groups in total. The van der Waals surface area contributed by atoms with E-state index in [0.29, 0.717) is 22.2 Å². The molecular weight excluding hydrogens is 388 g/mol. The van der Waals surface area contributed by atoms with Gasteiger partial charge in [-0.05, 0) is 93.3 Å². The number of ether oxygens (including phenoxy) is 1. The van der Waals surface area contributed by atoms with Crippen molar-refractivity contribution in [2.75, 3.05) is 21.1 Å². The molecule has 1 aliphatic carbocycles. The highest BCUT2D eigenvalue weighted by Crippen LogP contribution is 2.35. The van der Waals surface area contributed by atoms with E-state index in [-0.39, 0.29) is 0 Å². The van der Waals surface area contributed by atoms with Gasteiger partial charge in [0.25, 0.3) is 5.17 Å². The van der Waals surface area contributed by atoms with Crippen molar-refractivity contribution in [2.24, 2.45) is 0 Å². The van der Waals surface area contributed by atoms with E-state index in [2.05, 4.69) is 48.2 Å². The highest BCUT2D eigenvalue weighted by atomic mass is 35.5. The second-order valence-electron chi connectivity index (χ2n) is 7.92. The lowest BCUT2D eigenvalue weighted by atomic mass is 9.81. The first-order chi connectivity index (χ1) is 13.4. The van der Waals surface area contributed by atoms with Gasteiger partial charge in [-0.3, -0.25) is 0 Å². The van der Waals surface area contributed by atoms with Crippen LogP contribution in [0.1, 0.15) is 42.7 Å². The summed E-state index contributed by atoms with van der Waals surface area (Å²) >= 11 is 11.4. The maximum absolute atomic E-state index is 5.93. The molecule has 0 saturated heterocycles. The summed E-state index contributed by atoms with van der Waals surface area (Å²) < 4.78 is 5.84. The maximum atomic E-state index is 5.93. The van der Waals surface area contributed by atoms with E-state index in [4.69, 9.17) is 28.6 Å². The summed E-state index contributed by atoms with van der Waals surface area (Å²) in [5.74, 6) is 1.37. The van der Waals surface area contributed by atoms with Crippen LogP contribution in [0.25, 0.3) is 0 Å². The van der Waals surface area contributed by atoms with Gasteiger partial charge in [-0.1, -0.05) is 35.9 Å². The summed E-state index contributed by atoms with van der Waals surface area (Å²) in [7, 11) is 6.25. The average Bonchev–Trinajstić information content (AvgIpc) is 2.69. The van der Waals surface area contributed by atoms with Gasteiger partial charge in [0.05, 0.1) is 0 Å². The molecule has 3 nitrogen and oxygen atoms in total. The van der Waals surface area contributed by atoms with Crippen molar-refractivity contribution < 1.29 is 4.74 Å². The largest absolute Gasteiger partial charge is 0.432 e. The average molecular weight is 417 g/mol. The first kappa shape index (κ1) is 21.1. The van der Waals surface area contributed by atoms with Crippen molar-refractivity contribution in [1.82, 2.24) is 9.80 Å². The quantitative estimate of drug-likeness (QED) is 0.578. The van der Waals surface area contributed by atoms with Gasteiger partial charge >= 0.3 is 0 Å². The number of halogens is 1. The summed E-state index contributed by atoms with van der Waals surface area (Å²) in [6.45, 7) is 0.989. The zero-order valence-electron chi connectivity index (χ0n) is 16.9. The number of hydrogen-bond donors (Lipinski definition) is 0. The van der Waals surface area contributed by atoms with E-state index >= 15 is 0 Å². The van der Waals surface area contributed by atoms with Gasteiger partial charge in [0.2, 0.25) is 0 Å². The Morgan fingerprint density at radius 3 is 2.14 bits per heavy atom. The van der Waals surface area contributed by atoms with Crippen molar-refractivity contribution in [1.29, 1.82) is 0 Å². The lowest BCUT2D eigenvalue weighted by Gasteiger charge is -2.35. The molecule has 0 heterocycles. The van der Waals surface area contributed by atoms with Crippen LogP contribution in [0.5, 0.6) is 5.75 Å². The van der Waals surface area contributed by atoms with Crippen LogP contribution in [-0.4, -0.2) is 42.2 Å². The first-order valence-corrected chi connectivity index (χ1v) is 10.6. The van der Waals surface area contributed by atoms with Crippen LogP contribution in [0.15, 0.2) is 48.5 Å². The lowest BCUT2D eigenvalue weighted by molar-refractivity contribution is 0.239. The Morgan fingerprint density at radius 1 is 0.964 bits per heavy atom. The Morgan fingerprint density at radius 2 is 1.57 bits per heavy atom. The molecule has 0 bridgehead atoms. The molecule has 0 aromatic heterocycles. The maximum Gasteiger partial charge on any atom is 0.264 e. The minimum atomic E-state index is 0.434. The Hall–Kier alpha value is -1.62. The fraction of sp³-hybridized carbons (Fsp3) is 0.435. The smallest absolute Gasteiger partial charge is 0.264 e. The fourth-order valence-electron chi connectivity index (χ4n) is 3.88. The zero-order chi connectivity index (χ0) is 20.1. The van der Waals surface area contributed by atoms with Crippen LogP contribution in [0.2, 0.25) is 5.02 Å². The molecule has 2 aromatic carbocycles. The third-order valence-electron chi connectivity index (χ3n) is 5.50. The fourth-order valence-corrected chi connectivity index (χ4v) is 4.25. The first-order valence-electron chi connectivity index (χ1n) is 9.86. The van der Waals surface area contributed by atoms with E-state index in [1.807, 2.05) is 31.3 Å². The lowest BCUT2D eigenvalue weighted by Crippen LogP contribution is -2.40. The van der Waals surface area contributed by atoms with Crippen molar-refractivity contribution in [2.45, 2.75) is 44.2 Å². The van der Waals surface area contributed by atoms with Crippen LogP contribution in [0, 0.1) is 0 Å². The standard InChI is InChI=1S/C23H29ClN2OS/c1-25(2)16-17-4-6-18(7-5-17)19-8-12-21(13-9-19)26(3)23(28)27-22-14-10-20(24)11-15-22/h4-7,10-11,14-15,19,21H,8-9,12-13,16H2,1-3H3. The monoisotopic (exact) mass is 416 g/mol. The summed E-state index contributed by atoms with van der Waals surface area (Å²) in [6, 6.07) is 16.9. The van der Waals surface area contributed by atoms with Gasteiger partial charge in [-0.15, -0.1) is 0 Å². The number of nitrogens with zero attached hydrogens (tertiary/aromatic N) is 2. The Kier molecular flexibility index (Phi) is 7.33. The molecule has 2 aromatic rings. The van der Waals surface area contributed by atoms with E-state index in [1.165, 1.54) is 24.0 Å². The Labute approximate surface area is 179 Å². The number of hydrogen-bond acceptors (Lipinski definition) is 3.